The minimum atomic E-state index is -0.250. The van der Waals surface area contributed by atoms with E-state index in [1.54, 1.807) is 21.0 Å². The van der Waals surface area contributed by atoms with E-state index in [-0.39, 0.29) is 17.9 Å². The Labute approximate surface area is 134 Å². The second kappa shape index (κ2) is 7.58. The number of aromatic amines is 1. The van der Waals surface area contributed by atoms with Crippen molar-refractivity contribution < 1.29 is 9.53 Å². The number of rotatable bonds is 6. The van der Waals surface area contributed by atoms with E-state index in [4.69, 9.17) is 4.74 Å². The van der Waals surface area contributed by atoms with Gasteiger partial charge in [0.15, 0.2) is 0 Å². The molecule has 2 aromatic rings. The molecule has 1 aromatic carbocycles. The highest BCUT2D eigenvalue weighted by atomic mass is 16.5. The number of aromatic nitrogens is 2. The largest absolute Gasteiger partial charge is 0.497 e. The van der Waals surface area contributed by atoms with Gasteiger partial charge in [0.25, 0.3) is 5.56 Å². The molecule has 2 N–H and O–H groups in total. The van der Waals surface area contributed by atoms with Crippen LogP contribution in [0.2, 0.25) is 0 Å². The average Bonchev–Trinajstić information content (AvgIpc) is 2.51. The number of hydrogen-bond donors (Lipinski definition) is 2. The van der Waals surface area contributed by atoms with Gasteiger partial charge in [0, 0.05) is 17.8 Å². The summed E-state index contributed by atoms with van der Waals surface area (Å²) in [6.45, 7) is 3.97. The second-order valence-electron chi connectivity index (χ2n) is 5.34. The molecule has 0 spiro atoms. The van der Waals surface area contributed by atoms with E-state index in [1.165, 1.54) is 0 Å². The van der Waals surface area contributed by atoms with E-state index < -0.39 is 0 Å². The van der Waals surface area contributed by atoms with E-state index in [1.807, 2.05) is 24.3 Å². The van der Waals surface area contributed by atoms with Crippen molar-refractivity contribution in [1.82, 2.24) is 15.3 Å². The Kier molecular flexibility index (Phi) is 5.51. The highest BCUT2D eigenvalue weighted by molar-refractivity contribution is 5.78. The van der Waals surface area contributed by atoms with Crippen LogP contribution in [0.15, 0.2) is 29.1 Å². The lowest BCUT2D eigenvalue weighted by molar-refractivity contribution is -0.120. The van der Waals surface area contributed by atoms with Crippen molar-refractivity contribution >= 4 is 5.91 Å². The van der Waals surface area contributed by atoms with Crippen molar-refractivity contribution in [2.24, 2.45) is 0 Å². The van der Waals surface area contributed by atoms with Crippen LogP contribution in [-0.4, -0.2) is 29.5 Å². The predicted molar refractivity (Wildman–Crippen MR) is 87.7 cm³/mol. The lowest BCUT2D eigenvalue weighted by atomic mass is 10.1. The maximum absolute atomic E-state index is 12.0. The summed E-state index contributed by atoms with van der Waals surface area (Å²) in [5.74, 6) is 1.17. The Morgan fingerprint density at radius 3 is 2.57 bits per heavy atom. The fourth-order valence-corrected chi connectivity index (χ4v) is 2.32. The molecule has 1 aromatic heterocycles. The lowest BCUT2D eigenvalue weighted by Crippen LogP contribution is -2.30. The predicted octanol–water partition coefficient (Wildman–Crippen LogP) is 1.30. The van der Waals surface area contributed by atoms with E-state index >= 15 is 0 Å². The van der Waals surface area contributed by atoms with Gasteiger partial charge in [-0.1, -0.05) is 12.1 Å². The molecule has 0 aliphatic heterocycles. The van der Waals surface area contributed by atoms with Crippen molar-refractivity contribution in [3.05, 3.63) is 57.3 Å². The molecule has 6 nitrogen and oxygen atoms in total. The third-order valence-electron chi connectivity index (χ3n) is 3.57. The van der Waals surface area contributed by atoms with E-state index in [9.17, 15) is 9.59 Å². The monoisotopic (exact) mass is 315 g/mol. The molecule has 6 heteroatoms. The van der Waals surface area contributed by atoms with Crippen molar-refractivity contribution in [3.8, 4) is 5.75 Å². The van der Waals surface area contributed by atoms with Crippen LogP contribution in [0.5, 0.6) is 5.75 Å². The highest BCUT2D eigenvalue weighted by Gasteiger charge is 2.11. The molecule has 23 heavy (non-hydrogen) atoms. The average molecular weight is 315 g/mol. The summed E-state index contributed by atoms with van der Waals surface area (Å²) < 4.78 is 5.10. The zero-order valence-electron chi connectivity index (χ0n) is 13.6. The molecule has 0 bridgehead atoms. The molecule has 0 atom stereocenters. The van der Waals surface area contributed by atoms with Gasteiger partial charge < -0.3 is 15.0 Å². The van der Waals surface area contributed by atoms with Crippen LogP contribution >= 0.6 is 0 Å². The first-order valence-electron chi connectivity index (χ1n) is 7.45. The summed E-state index contributed by atoms with van der Waals surface area (Å²) >= 11 is 0. The second-order valence-corrected chi connectivity index (χ2v) is 5.34. The number of nitrogens with one attached hydrogen (secondary N) is 2. The van der Waals surface area contributed by atoms with Crippen molar-refractivity contribution in [2.45, 2.75) is 26.7 Å². The number of ether oxygens (including phenoxy) is 1. The molecule has 0 saturated carbocycles. The van der Waals surface area contributed by atoms with E-state index in [0.29, 0.717) is 23.6 Å². The minimum absolute atomic E-state index is 0.0387. The molecule has 0 saturated heterocycles. The van der Waals surface area contributed by atoms with Gasteiger partial charge >= 0.3 is 0 Å². The molecular formula is C17H21N3O3. The first-order chi connectivity index (χ1) is 11.0. The Morgan fingerprint density at radius 1 is 1.26 bits per heavy atom. The van der Waals surface area contributed by atoms with Gasteiger partial charge in [-0.3, -0.25) is 9.59 Å². The summed E-state index contributed by atoms with van der Waals surface area (Å²) in [6.07, 6.45) is 0.758. The van der Waals surface area contributed by atoms with Crippen LogP contribution in [-0.2, 0) is 17.6 Å². The summed E-state index contributed by atoms with van der Waals surface area (Å²) in [5.41, 5.74) is 1.87. The molecular weight excluding hydrogens is 294 g/mol. The van der Waals surface area contributed by atoms with Gasteiger partial charge in [-0.25, -0.2) is 4.98 Å². The lowest BCUT2D eigenvalue weighted by Gasteiger charge is -2.07. The highest BCUT2D eigenvalue weighted by Crippen LogP contribution is 2.11. The Balaban J connectivity index is 1.87. The molecule has 0 aliphatic rings. The third kappa shape index (κ3) is 4.67. The van der Waals surface area contributed by atoms with Gasteiger partial charge in [-0.15, -0.1) is 0 Å². The number of benzene rings is 1. The SMILES string of the molecule is COc1ccc(CCNC(=O)Cc2c(C)nc(C)[nH]c2=O)cc1. The number of carbonyl (C=O) groups excluding carboxylic acids is 1. The summed E-state index contributed by atoms with van der Waals surface area (Å²) in [4.78, 5) is 30.6. The summed E-state index contributed by atoms with van der Waals surface area (Å²) in [7, 11) is 1.62. The number of carbonyl (C=O) groups is 1. The standard InChI is InChI=1S/C17H21N3O3/c1-11-15(17(22)20-12(2)19-11)10-16(21)18-9-8-13-4-6-14(23-3)7-5-13/h4-7H,8-10H2,1-3H3,(H,18,21)(H,19,20,22). The van der Waals surface area contributed by atoms with Crippen LogP contribution in [0.3, 0.4) is 0 Å². The molecule has 0 radical (unpaired) electrons. The molecule has 122 valence electrons. The number of hydrogen-bond acceptors (Lipinski definition) is 4. The fourth-order valence-electron chi connectivity index (χ4n) is 2.32. The fraction of sp³-hybridized carbons (Fsp3) is 0.353. The number of aryl methyl sites for hydroxylation is 2. The van der Waals surface area contributed by atoms with Gasteiger partial charge in [0.1, 0.15) is 11.6 Å². The number of nitrogens with zero attached hydrogens (tertiary/aromatic N) is 1. The first kappa shape index (κ1) is 16.7. The van der Waals surface area contributed by atoms with Crippen LogP contribution in [0.25, 0.3) is 0 Å². The number of methoxy groups -OCH3 is 1. The molecule has 2 rings (SSSR count). The quantitative estimate of drug-likeness (QED) is 0.841. The third-order valence-corrected chi connectivity index (χ3v) is 3.57. The van der Waals surface area contributed by atoms with Gasteiger partial charge in [-0.2, -0.15) is 0 Å². The Morgan fingerprint density at radius 2 is 1.96 bits per heavy atom. The maximum Gasteiger partial charge on any atom is 0.254 e. The molecule has 0 unspecified atom stereocenters. The minimum Gasteiger partial charge on any atom is -0.497 e. The molecule has 0 aliphatic carbocycles. The number of amides is 1. The smallest absolute Gasteiger partial charge is 0.254 e. The van der Waals surface area contributed by atoms with Crippen LogP contribution in [0.1, 0.15) is 22.6 Å². The van der Waals surface area contributed by atoms with Gasteiger partial charge in [-0.05, 0) is 38.0 Å². The Hall–Kier alpha value is -2.63. The van der Waals surface area contributed by atoms with Crippen LogP contribution in [0, 0.1) is 13.8 Å². The van der Waals surface area contributed by atoms with Crippen molar-refractivity contribution in [1.29, 1.82) is 0 Å². The number of H-pyrrole nitrogens is 1. The summed E-state index contributed by atoms with van der Waals surface area (Å²) in [5, 5.41) is 2.83. The molecule has 1 heterocycles. The Bertz CT molecular complexity index is 736. The van der Waals surface area contributed by atoms with Crippen molar-refractivity contribution in [3.63, 3.8) is 0 Å². The molecule has 0 fully saturated rings. The first-order valence-corrected chi connectivity index (χ1v) is 7.45. The van der Waals surface area contributed by atoms with Gasteiger partial charge in [0.2, 0.25) is 5.91 Å². The topological polar surface area (TPSA) is 84.1 Å². The summed E-state index contributed by atoms with van der Waals surface area (Å²) in [6, 6.07) is 7.70. The normalized spacial score (nSPS) is 10.4. The zero-order chi connectivity index (χ0) is 16.8. The van der Waals surface area contributed by atoms with Crippen LogP contribution in [0.4, 0.5) is 0 Å². The maximum atomic E-state index is 12.0. The zero-order valence-corrected chi connectivity index (χ0v) is 13.6. The van der Waals surface area contributed by atoms with E-state index in [2.05, 4.69) is 15.3 Å². The van der Waals surface area contributed by atoms with E-state index in [0.717, 1.165) is 17.7 Å². The van der Waals surface area contributed by atoms with Gasteiger partial charge in [0.05, 0.1) is 13.5 Å². The molecule has 1 amide bonds. The van der Waals surface area contributed by atoms with Crippen LogP contribution < -0.4 is 15.6 Å². The van der Waals surface area contributed by atoms with Crippen molar-refractivity contribution in [2.75, 3.05) is 13.7 Å².